The number of hydrogen-bond acceptors (Lipinski definition) is 2. The molecule has 1 aromatic carbocycles. The first-order chi connectivity index (χ1) is 6.92. The van der Waals surface area contributed by atoms with E-state index < -0.39 is 18.4 Å². The Hall–Kier alpha value is -1.36. The fourth-order valence-corrected chi connectivity index (χ4v) is 1.11. The Bertz CT molecular complexity index is 343. The predicted octanol–water partition coefficient (Wildman–Crippen LogP) is 2.28. The van der Waals surface area contributed by atoms with Crippen molar-refractivity contribution in [2.24, 2.45) is 5.73 Å². The van der Waals surface area contributed by atoms with Crippen LogP contribution in [-0.2, 0) is 6.54 Å². The molecule has 0 atom stereocenters. The first-order valence-corrected chi connectivity index (χ1v) is 4.31. The number of benzene rings is 1. The Labute approximate surface area is 84.9 Å². The van der Waals surface area contributed by atoms with Crippen LogP contribution >= 0.6 is 0 Å². The molecule has 0 aliphatic rings. The van der Waals surface area contributed by atoms with Crippen LogP contribution < -0.4 is 5.73 Å². The molecule has 0 radical (unpaired) electrons. The van der Waals surface area contributed by atoms with Gasteiger partial charge in [-0.25, -0.2) is 0 Å². The van der Waals surface area contributed by atoms with E-state index in [1.165, 1.54) is 12.1 Å². The molecule has 2 N–H and O–H groups in total. The molecule has 0 aromatic heterocycles. The maximum Gasteiger partial charge on any atom is 0.396 e. The van der Waals surface area contributed by atoms with Gasteiger partial charge < -0.3 is 5.73 Å². The Morgan fingerprint density at radius 2 is 1.73 bits per heavy atom. The summed E-state index contributed by atoms with van der Waals surface area (Å²) < 4.78 is 35.7. The molecule has 15 heavy (non-hydrogen) atoms. The van der Waals surface area contributed by atoms with Crippen LogP contribution in [0.15, 0.2) is 24.3 Å². The second kappa shape index (κ2) is 4.44. The predicted molar refractivity (Wildman–Crippen MR) is 49.3 cm³/mol. The summed E-state index contributed by atoms with van der Waals surface area (Å²) in [5.41, 5.74) is 6.15. The van der Waals surface area contributed by atoms with Crippen LogP contribution in [0.2, 0.25) is 0 Å². The Balaban J connectivity index is 2.75. The van der Waals surface area contributed by atoms with Gasteiger partial charge in [0.25, 0.3) is 0 Å². The van der Waals surface area contributed by atoms with Gasteiger partial charge in [0.15, 0.2) is 5.78 Å². The van der Waals surface area contributed by atoms with Gasteiger partial charge in [-0.05, 0) is 5.56 Å². The lowest BCUT2D eigenvalue weighted by atomic mass is 10.1. The first kappa shape index (κ1) is 11.7. The first-order valence-electron chi connectivity index (χ1n) is 4.31. The average Bonchev–Trinajstić information content (AvgIpc) is 2.15. The number of Topliss-reactive ketones (excluding diaryl/α,β-unsaturated/α-hetero) is 1. The zero-order valence-electron chi connectivity index (χ0n) is 7.84. The normalized spacial score (nSPS) is 11.5. The van der Waals surface area contributed by atoms with Crippen molar-refractivity contribution >= 4 is 5.78 Å². The van der Waals surface area contributed by atoms with Crippen molar-refractivity contribution in [2.75, 3.05) is 0 Å². The molecule has 0 unspecified atom stereocenters. The highest BCUT2D eigenvalue weighted by Crippen LogP contribution is 2.22. The molecule has 0 heterocycles. The summed E-state index contributed by atoms with van der Waals surface area (Å²) in [7, 11) is 0. The molecule has 0 spiro atoms. The van der Waals surface area contributed by atoms with E-state index in [1.54, 1.807) is 12.1 Å². The molecule has 5 heteroatoms. The SMILES string of the molecule is NCc1ccc(C(=O)CC(F)(F)F)cc1. The Kier molecular flexibility index (Phi) is 3.47. The molecule has 0 saturated heterocycles. The van der Waals surface area contributed by atoms with Crippen molar-refractivity contribution in [2.45, 2.75) is 19.1 Å². The molecule has 0 aliphatic carbocycles. The summed E-state index contributed by atoms with van der Waals surface area (Å²) in [5.74, 6) is -0.925. The highest BCUT2D eigenvalue weighted by atomic mass is 19.4. The zero-order chi connectivity index (χ0) is 11.5. The number of alkyl halides is 3. The second-order valence-corrected chi connectivity index (χ2v) is 3.12. The van der Waals surface area contributed by atoms with Gasteiger partial charge in [0.2, 0.25) is 0 Å². The third-order valence-electron chi connectivity index (χ3n) is 1.87. The van der Waals surface area contributed by atoms with E-state index in [0.29, 0.717) is 6.54 Å². The standard InChI is InChI=1S/C10H10F3NO/c11-10(12,13)5-9(15)8-3-1-7(6-14)2-4-8/h1-4H,5-6,14H2. The van der Waals surface area contributed by atoms with Gasteiger partial charge in [-0.3, -0.25) is 4.79 Å². The second-order valence-electron chi connectivity index (χ2n) is 3.12. The summed E-state index contributed by atoms with van der Waals surface area (Å²) in [6.07, 6.45) is -5.88. The highest BCUT2D eigenvalue weighted by molar-refractivity contribution is 5.96. The average molecular weight is 217 g/mol. The number of carbonyl (C=O) groups is 1. The monoisotopic (exact) mass is 217 g/mol. The largest absolute Gasteiger partial charge is 0.396 e. The van der Waals surface area contributed by atoms with Crippen molar-refractivity contribution in [3.05, 3.63) is 35.4 Å². The molecule has 0 amide bonds. The lowest BCUT2D eigenvalue weighted by Crippen LogP contribution is -2.15. The van der Waals surface area contributed by atoms with Crippen molar-refractivity contribution in [3.8, 4) is 0 Å². The molecular formula is C10H10F3NO. The molecule has 0 aliphatic heterocycles. The molecule has 1 aromatic rings. The zero-order valence-corrected chi connectivity index (χ0v) is 7.84. The molecule has 0 bridgehead atoms. The van der Waals surface area contributed by atoms with E-state index in [-0.39, 0.29) is 5.56 Å². The van der Waals surface area contributed by atoms with Gasteiger partial charge in [0.05, 0.1) is 0 Å². The van der Waals surface area contributed by atoms with E-state index in [4.69, 9.17) is 5.73 Å². The van der Waals surface area contributed by atoms with Crippen LogP contribution in [0.4, 0.5) is 13.2 Å². The number of hydrogen-bond donors (Lipinski definition) is 1. The quantitative estimate of drug-likeness (QED) is 0.789. The number of halogens is 3. The Morgan fingerprint density at radius 1 is 1.20 bits per heavy atom. The summed E-state index contributed by atoms with van der Waals surface area (Å²) in [6.45, 7) is 0.299. The van der Waals surface area contributed by atoms with Crippen LogP contribution in [0.1, 0.15) is 22.3 Å². The highest BCUT2D eigenvalue weighted by Gasteiger charge is 2.31. The van der Waals surface area contributed by atoms with Crippen molar-refractivity contribution in [1.29, 1.82) is 0 Å². The minimum atomic E-state index is -4.45. The minimum absolute atomic E-state index is 0.0597. The lowest BCUT2D eigenvalue weighted by Gasteiger charge is -2.05. The van der Waals surface area contributed by atoms with Crippen LogP contribution in [0.5, 0.6) is 0 Å². The molecule has 2 nitrogen and oxygen atoms in total. The van der Waals surface area contributed by atoms with Gasteiger partial charge in [-0.2, -0.15) is 13.2 Å². The fraction of sp³-hybridized carbons (Fsp3) is 0.300. The van der Waals surface area contributed by atoms with Crippen molar-refractivity contribution in [1.82, 2.24) is 0 Å². The molecule has 0 fully saturated rings. The molecular weight excluding hydrogens is 207 g/mol. The number of ketones is 1. The Morgan fingerprint density at radius 3 is 2.13 bits per heavy atom. The third-order valence-corrected chi connectivity index (χ3v) is 1.87. The topological polar surface area (TPSA) is 43.1 Å². The van der Waals surface area contributed by atoms with E-state index >= 15 is 0 Å². The maximum atomic E-state index is 11.9. The molecule has 1 rings (SSSR count). The van der Waals surface area contributed by atoms with Crippen LogP contribution in [0, 0.1) is 0 Å². The summed E-state index contributed by atoms with van der Waals surface area (Å²) in [5, 5.41) is 0. The maximum absolute atomic E-state index is 11.9. The van der Waals surface area contributed by atoms with E-state index in [2.05, 4.69) is 0 Å². The van der Waals surface area contributed by atoms with Crippen LogP contribution in [-0.4, -0.2) is 12.0 Å². The fourth-order valence-electron chi connectivity index (χ4n) is 1.11. The van der Waals surface area contributed by atoms with E-state index in [1.807, 2.05) is 0 Å². The smallest absolute Gasteiger partial charge is 0.326 e. The van der Waals surface area contributed by atoms with Crippen LogP contribution in [0.3, 0.4) is 0 Å². The summed E-state index contributed by atoms with van der Waals surface area (Å²) in [4.78, 5) is 11.1. The van der Waals surface area contributed by atoms with Gasteiger partial charge in [0.1, 0.15) is 6.42 Å². The molecule has 82 valence electrons. The minimum Gasteiger partial charge on any atom is -0.326 e. The van der Waals surface area contributed by atoms with Crippen molar-refractivity contribution in [3.63, 3.8) is 0 Å². The number of rotatable bonds is 3. The summed E-state index contributed by atoms with van der Waals surface area (Å²) in [6, 6.07) is 5.81. The van der Waals surface area contributed by atoms with Gasteiger partial charge in [-0.1, -0.05) is 24.3 Å². The number of nitrogens with two attached hydrogens (primary N) is 1. The third kappa shape index (κ3) is 3.71. The van der Waals surface area contributed by atoms with E-state index in [9.17, 15) is 18.0 Å². The lowest BCUT2D eigenvalue weighted by molar-refractivity contribution is -0.125. The molecule has 0 saturated carbocycles. The van der Waals surface area contributed by atoms with Crippen LogP contribution in [0.25, 0.3) is 0 Å². The number of carbonyl (C=O) groups excluding carboxylic acids is 1. The van der Waals surface area contributed by atoms with Gasteiger partial charge >= 0.3 is 6.18 Å². The summed E-state index contributed by atoms with van der Waals surface area (Å²) >= 11 is 0. The van der Waals surface area contributed by atoms with E-state index in [0.717, 1.165) is 5.56 Å². The van der Waals surface area contributed by atoms with Gasteiger partial charge in [0, 0.05) is 12.1 Å². The van der Waals surface area contributed by atoms with Crippen molar-refractivity contribution < 1.29 is 18.0 Å². The van der Waals surface area contributed by atoms with Gasteiger partial charge in [-0.15, -0.1) is 0 Å².